The van der Waals surface area contributed by atoms with E-state index in [0.29, 0.717) is 5.65 Å². The fraction of sp³-hybridized carbons (Fsp3) is 0.238. The van der Waals surface area contributed by atoms with Crippen LogP contribution in [0.15, 0.2) is 42.7 Å². The number of alkyl halides is 2. The standard InChI is InChI=1S/C21H20F2N6O2/c1-4-28-13(3)14(11-25-28)17-7-8-24-19-10-16(27-29(17)19)20(30)26-15-6-5-12(2)9-18(15)31-21(22)23/h5-11,21H,4H2,1-3H3,(H,26,30). The second-order valence-electron chi connectivity index (χ2n) is 6.92. The van der Waals surface area contributed by atoms with Gasteiger partial charge >= 0.3 is 6.61 Å². The maximum absolute atomic E-state index is 12.8. The Balaban J connectivity index is 1.68. The minimum atomic E-state index is -3.01. The van der Waals surface area contributed by atoms with E-state index in [4.69, 9.17) is 0 Å². The number of benzene rings is 1. The molecule has 0 saturated heterocycles. The molecule has 0 aliphatic carbocycles. The molecule has 0 saturated carbocycles. The summed E-state index contributed by atoms with van der Waals surface area (Å²) in [6.07, 6.45) is 3.38. The summed E-state index contributed by atoms with van der Waals surface area (Å²) in [4.78, 5) is 17.1. The molecule has 1 amide bonds. The van der Waals surface area contributed by atoms with Gasteiger partial charge in [-0.15, -0.1) is 0 Å². The highest BCUT2D eigenvalue weighted by molar-refractivity contribution is 6.04. The second-order valence-corrected chi connectivity index (χ2v) is 6.92. The number of nitrogens with one attached hydrogen (secondary N) is 1. The number of halogens is 2. The first kappa shape index (κ1) is 20.5. The number of rotatable bonds is 6. The largest absolute Gasteiger partial charge is 0.433 e. The van der Waals surface area contributed by atoms with Gasteiger partial charge in [-0.25, -0.2) is 9.50 Å². The van der Waals surface area contributed by atoms with Gasteiger partial charge < -0.3 is 10.1 Å². The van der Waals surface area contributed by atoms with Crippen LogP contribution >= 0.6 is 0 Å². The van der Waals surface area contributed by atoms with Crippen molar-refractivity contribution >= 4 is 17.2 Å². The Morgan fingerprint density at radius 1 is 1.23 bits per heavy atom. The lowest BCUT2D eigenvalue weighted by Gasteiger charge is -2.12. The van der Waals surface area contributed by atoms with Crippen molar-refractivity contribution in [3.8, 4) is 17.0 Å². The summed E-state index contributed by atoms with van der Waals surface area (Å²) in [5, 5.41) is 11.3. The van der Waals surface area contributed by atoms with Crippen molar-refractivity contribution in [1.29, 1.82) is 0 Å². The number of hydrogen-bond donors (Lipinski definition) is 1. The lowest BCUT2D eigenvalue weighted by atomic mass is 10.2. The number of aromatic nitrogens is 5. The minimum absolute atomic E-state index is 0.0871. The third kappa shape index (κ3) is 3.96. The molecule has 160 valence electrons. The van der Waals surface area contributed by atoms with E-state index in [-0.39, 0.29) is 17.1 Å². The maximum Gasteiger partial charge on any atom is 0.387 e. The van der Waals surface area contributed by atoms with Crippen molar-refractivity contribution < 1.29 is 18.3 Å². The van der Waals surface area contributed by atoms with E-state index in [1.54, 1.807) is 36.0 Å². The Bertz CT molecular complexity index is 1260. The summed E-state index contributed by atoms with van der Waals surface area (Å²) in [6.45, 7) is 3.41. The quantitative estimate of drug-likeness (QED) is 0.502. The van der Waals surface area contributed by atoms with Gasteiger partial charge in [0.25, 0.3) is 5.91 Å². The lowest BCUT2D eigenvalue weighted by molar-refractivity contribution is -0.0494. The summed E-state index contributed by atoms with van der Waals surface area (Å²) in [7, 11) is 0. The normalized spacial score (nSPS) is 11.3. The van der Waals surface area contributed by atoms with E-state index < -0.39 is 12.5 Å². The molecule has 0 atom stereocenters. The van der Waals surface area contributed by atoms with E-state index in [1.807, 2.05) is 18.5 Å². The van der Waals surface area contributed by atoms with Gasteiger partial charge in [0.05, 0.1) is 17.6 Å². The van der Waals surface area contributed by atoms with Crippen LogP contribution in [0.1, 0.15) is 28.7 Å². The summed E-state index contributed by atoms with van der Waals surface area (Å²) >= 11 is 0. The van der Waals surface area contributed by atoms with Crippen LogP contribution in [0.2, 0.25) is 0 Å². The van der Waals surface area contributed by atoms with Crippen LogP contribution in [0, 0.1) is 13.8 Å². The molecule has 1 N–H and O–H groups in total. The van der Waals surface area contributed by atoms with Gasteiger partial charge in [0, 0.05) is 30.1 Å². The van der Waals surface area contributed by atoms with E-state index in [1.165, 1.54) is 18.2 Å². The predicted molar refractivity (Wildman–Crippen MR) is 110 cm³/mol. The van der Waals surface area contributed by atoms with E-state index in [2.05, 4.69) is 25.2 Å². The third-order valence-electron chi connectivity index (χ3n) is 4.87. The molecule has 4 rings (SSSR count). The van der Waals surface area contributed by atoms with Crippen molar-refractivity contribution in [2.45, 2.75) is 33.9 Å². The van der Waals surface area contributed by atoms with Crippen LogP contribution in [-0.2, 0) is 6.54 Å². The molecule has 1 aromatic carbocycles. The van der Waals surface area contributed by atoms with Crippen LogP contribution in [0.25, 0.3) is 16.9 Å². The van der Waals surface area contributed by atoms with E-state index in [9.17, 15) is 13.6 Å². The zero-order valence-electron chi connectivity index (χ0n) is 17.1. The van der Waals surface area contributed by atoms with Crippen molar-refractivity contribution in [3.05, 3.63) is 59.7 Å². The smallest absolute Gasteiger partial charge is 0.387 e. The van der Waals surface area contributed by atoms with Crippen LogP contribution in [-0.4, -0.2) is 36.9 Å². The van der Waals surface area contributed by atoms with Crippen molar-refractivity contribution in [3.63, 3.8) is 0 Å². The zero-order valence-corrected chi connectivity index (χ0v) is 17.1. The van der Waals surface area contributed by atoms with Gasteiger partial charge in [-0.2, -0.15) is 19.0 Å². The molecule has 0 bridgehead atoms. The second kappa shape index (κ2) is 8.13. The summed E-state index contributed by atoms with van der Waals surface area (Å²) in [5.74, 6) is -0.686. The van der Waals surface area contributed by atoms with E-state index >= 15 is 0 Å². The zero-order chi connectivity index (χ0) is 22.1. The van der Waals surface area contributed by atoms with Gasteiger partial charge in [0.2, 0.25) is 0 Å². The predicted octanol–water partition coefficient (Wildman–Crippen LogP) is 4.08. The number of carbonyl (C=O) groups is 1. The molecule has 0 radical (unpaired) electrons. The Morgan fingerprint density at radius 3 is 2.74 bits per heavy atom. The Morgan fingerprint density at radius 2 is 2.03 bits per heavy atom. The van der Waals surface area contributed by atoms with E-state index in [0.717, 1.165) is 29.1 Å². The number of aryl methyl sites for hydroxylation is 2. The molecule has 0 aliphatic rings. The number of anilines is 1. The van der Waals surface area contributed by atoms with Crippen LogP contribution in [0.4, 0.5) is 14.5 Å². The van der Waals surface area contributed by atoms with Crippen LogP contribution in [0.5, 0.6) is 5.75 Å². The monoisotopic (exact) mass is 426 g/mol. The first-order valence-corrected chi connectivity index (χ1v) is 9.61. The number of ether oxygens (including phenoxy) is 1. The lowest BCUT2D eigenvalue weighted by Crippen LogP contribution is -2.14. The van der Waals surface area contributed by atoms with Crippen molar-refractivity contribution in [2.24, 2.45) is 0 Å². The number of carbonyl (C=O) groups excluding carboxylic acids is 1. The summed E-state index contributed by atoms with van der Waals surface area (Å²) in [6, 6.07) is 7.94. The number of hydrogen-bond acceptors (Lipinski definition) is 5. The topological polar surface area (TPSA) is 86.3 Å². The fourth-order valence-corrected chi connectivity index (χ4v) is 3.34. The van der Waals surface area contributed by atoms with Crippen LogP contribution < -0.4 is 10.1 Å². The third-order valence-corrected chi connectivity index (χ3v) is 4.87. The highest BCUT2D eigenvalue weighted by atomic mass is 19.3. The maximum atomic E-state index is 12.8. The molecule has 10 heteroatoms. The minimum Gasteiger partial charge on any atom is -0.433 e. The molecule has 0 spiro atoms. The van der Waals surface area contributed by atoms with Gasteiger partial charge in [0.15, 0.2) is 11.3 Å². The molecule has 0 unspecified atom stereocenters. The number of amides is 1. The highest BCUT2D eigenvalue weighted by Gasteiger charge is 2.18. The molecular weight excluding hydrogens is 406 g/mol. The fourth-order valence-electron chi connectivity index (χ4n) is 3.34. The summed E-state index contributed by atoms with van der Waals surface area (Å²) in [5.41, 5.74) is 3.97. The van der Waals surface area contributed by atoms with Gasteiger partial charge in [-0.3, -0.25) is 9.48 Å². The van der Waals surface area contributed by atoms with Crippen molar-refractivity contribution in [1.82, 2.24) is 24.4 Å². The Hall–Kier alpha value is -3.82. The highest BCUT2D eigenvalue weighted by Crippen LogP contribution is 2.28. The summed E-state index contributed by atoms with van der Waals surface area (Å²) < 4.78 is 33.4. The Kier molecular flexibility index (Phi) is 5.37. The molecule has 31 heavy (non-hydrogen) atoms. The molecule has 3 heterocycles. The first-order valence-electron chi connectivity index (χ1n) is 9.61. The molecule has 0 fully saturated rings. The van der Waals surface area contributed by atoms with Gasteiger partial charge in [0.1, 0.15) is 5.75 Å². The molecule has 8 nitrogen and oxygen atoms in total. The average Bonchev–Trinajstić information content (AvgIpc) is 3.32. The Labute approximate surface area is 176 Å². The molecule has 3 aromatic heterocycles. The van der Waals surface area contributed by atoms with Gasteiger partial charge in [-0.1, -0.05) is 6.07 Å². The number of nitrogens with zero attached hydrogens (tertiary/aromatic N) is 5. The van der Waals surface area contributed by atoms with Crippen LogP contribution in [0.3, 0.4) is 0 Å². The molecule has 0 aliphatic heterocycles. The SMILES string of the molecule is CCn1ncc(-c2ccnc3cc(C(=O)Nc4ccc(C)cc4OC(F)F)nn23)c1C. The first-order chi connectivity index (χ1) is 14.9. The molecule has 4 aromatic rings. The average molecular weight is 426 g/mol. The molecular formula is C21H20F2N6O2. The van der Waals surface area contributed by atoms with Crippen molar-refractivity contribution in [2.75, 3.05) is 5.32 Å². The van der Waals surface area contributed by atoms with Gasteiger partial charge in [-0.05, 0) is 44.5 Å². The number of fused-ring (bicyclic) bond motifs is 1.